The normalized spacial score (nSPS) is 11.1. The van der Waals surface area contributed by atoms with Crippen molar-refractivity contribution in [3.05, 3.63) is 77.6 Å². The predicted molar refractivity (Wildman–Crippen MR) is 72.3 cm³/mol. The fraction of sp³-hybridized carbons (Fsp3) is 0.0625. The molecule has 0 spiro atoms. The molecule has 0 radical (unpaired) electrons. The molecule has 0 aliphatic rings. The van der Waals surface area contributed by atoms with E-state index in [9.17, 15) is 9.18 Å². The number of hydrogen-bond donors (Lipinski definition) is 0. The Morgan fingerprint density at radius 1 is 1.00 bits per heavy atom. The van der Waals surface area contributed by atoms with E-state index in [1.54, 1.807) is 42.5 Å². The first-order valence-corrected chi connectivity index (χ1v) is 5.89. The molecule has 2 nitrogen and oxygen atoms in total. The summed E-state index contributed by atoms with van der Waals surface area (Å²) >= 11 is 0. The van der Waals surface area contributed by atoms with Gasteiger partial charge in [-0.05, 0) is 23.8 Å². The third-order valence-corrected chi connectivity index (χ3v) is 2.47. The van der Waals surface area contributed by atoms with Gasteiger partial charge in [0, 0.05) is 0 Å². The van der Waals surface area contributed by atoms with Gasteiger partial charge >= 0.3 is 5.97 Å². The molecule has 0 saturated heterocycles. The van der Waals surface area contributed by atoms with Crippen LogP contribution in [-0.2, 0) is 4.74 Å². The minimum Gasteiger partial charge on any atom is -0.455 e. The quantitative estimate of drug-likeness (QED) is 0.776. The van der Waals surface area contributed by atoms with Crippen LogP contribution in [-0.4, -0.2) is 12.6 Å². The van der Waals surface area contributed by atoms with Crippen LogP contribution in [0.3, 0.4) is 0 Å². The number of esters is 1. The molecule has 0 atom stereocenters. The van der Waals surface area contributed by atoms with E-state index in [-0.39, 0.29) is 6.61 Å². The number of ether oxygens (including phenoxy) is 1. The van der Waals surface area contributed by atoms with Crippen LogP contribution in [0.2, 0.25) is 0 Å². The van der Waals surface area contributed by atoms with Gasteiger partial charge in [0.25, 0.3) is 0 Å². The molecule has 0 aliphatic heterocycles. The Morgan fingerprint density at radius 2 is 1.58 bits per heavy atom. The Hall–Kier alpha value is -2.42. The van der Waals surface area contributed by atoms with E-state index in [1.807, 2.05) is 18.2 Å². The van der Waals surface area contributed by atoms with Crippen molar-refractivity contribution in [2.24, 2.45) is 0 Å². The smallest absolute Gasteiger partial charge is 0.338 e. The number of hydrogen-bond acceptors (Lipinski definition) is 2. The second-order valence-electron chi connectivity index (χ2n) is 3.94. The molecule has 0 bridgehead atoms. The lowest BCUT2D eigenvalue weighted by Gasteiger charge is -2.03. The van der Waals surface area contributed by atoms with Gasteiger partial charge in [-0.2, -0.15) is 0 Å². The highest BCUT2D eigenvalue weighted by atomic mass is 19.1. The molecule has 0 aromatic heterocycles. The Kier molecular flexibility index (Phi) is 4.45. The van der Waals surface area contributed by atoms with Gasteiger partial charge in [-0.3, -0.25) is 0 Å². The summed E-state index contributed by atoms with van der Waals surface area (Å²) < 4.78 is 18.4. The van der Waals surface area contributed by atoms with Gasteiger partial charge in [0.2, 0.25) is 0 Å². The van der Waals surface area contributed by atoms with Crippen molar-refractivity contribution in [1.82, 2.24) is 0 Å². The standard InChI is InChI=1S/C16H13FO2/c17-15(11-13-7-3-1-4-8-13)12-19-16(18)14-9-5-2-6-10-14/h1-11H,12H2. The minimum atomic E-state index is -0.530. The maximum atomic E-state index is 13.5. The maximum Gasteiger partial charge on any atom is 0.338 e. The zero-order chi connectivity index (χ0) is 13.5. The number of benzene rings is 2. The van der Waals surface area contributed by atoms with Gasteiger partial charge < -0.3 is 4.74 Å². The van der Waals surface area contributed by atoms with Gasteiger partial charge in [-0.25, -0.2) is 9.18 Å². The topological polar surface area (TPSA) is 26.3 Å². The van der Waals surface area contributed by atoms with Crippen LogP contribution < -0.4 is 0 Å². The molecule has 2 aromatic rings. The van der Waals surface area contributed by atoms with E-state index >= 15 is 0 Å². The largest absolute Gasteiger partial charge is 0.455 e. The lowest BCUT2D eigenvalue weighted by molar-refractivity contribution is 0.0522. The number of rotatable bonds is 4. The van der Waals surface area contributed by atoms with Gasteiger partial charge in [0.15, 0.2) is 0 Å². The van der Waals surface area contributed by atoms with Gasteiger partial charge in [-0.15, -0.1) is 0 Å². The van der Waals surface area contributed by atoms with E-state index in [0.717, 1.165) is 5.56 Å². The van der Waals surface area contributed by atoms with Crippen molar-refractivity contribution in [2.75, 3.05) is 6.61 Å². The molecular formula is C16H13FO2. The zero-order valence-electron chi connectivity index (χ0n) is 10.3. The number of carbonyl (C=O) groups is 1. The summed E-state index contributed by atoms with van der Waals surface area (Å²) in [6.45, 7) is -0.359. The minimum absolute atomic E-state index is 0.359. The van der Waals surface area contributed by atoms with Crippen LogP contribution in [0.5, 0.6) is 0 Å². The van der Waals surface area contributed by atoms with Crippen LogP contribution in [0, 0.1) is 0 Å². The average Bonchev–Trinajstić information content (AvgIpc) is 2.47. The van der Waals surface area contributed by atoms with Crippen molar-refractivity contribution in [2.45, 2.75) is 0 Å². The van der Waals surface area contributed by atoms with E-state index in [1.165, 1.54) is 6.08 Å². The Morgan fingerprint density at radius 3 is 2.21 bits per heavy atom. The third-order valence-electron chi connectivity index (χ3n) is 2.47. The van der Waals surface area contributed by atoms with Gasteiger partial charge in [0.05, 0.1) is 5.56 Å². The van der Waals surface area contributed by atoms with E-state index in [2.05, 4.69) is 0 Å². The Bertz CT molecular complexity index is 562. The molecule has 3 heteroatoms. The average molecular weight is 256 g/mol. The third kappa shape index (κ3) is 4.07. The first-order valence-electron chi connectivity index (χ1n) is 5.89. The van der Waals surface area contributed by atoms with Crippen LogP contribution in [0.1, 0.15) is 15.9 Å². The Labute approximate surface area is 111 Å². The molecule has 2 aromatic carbocycles. The molecule has 0 fully saturated rings. The van der Waals surface area contributed by atoms with Gasteiger partial charge in [0.1, 0.15) is 12.4 Å². The molecule has 0 saturated carbocycles. The van der Waals surface area contributed by atoms with Crippen LogP contribution >= 0.6 is 0 Å². The van der Waals surface area contributed by atoms with Crippen molar-refractivity contribution in [1.29, 1.82) is 0 Å². The summed E-state index contributed by atoms with van der Waals surface area (Å²) in [6, 6.07) is 17.5. The highest BCUT2D eigenvalue weighted by Gasteiger charge is 2.07. The molecule has 96 valence electrons. The summed E-state index contributed by atoms with van der Waals surface area (Å²) in [5, 5.41) is 0. The summed E-state index contributed by atoms with van der Waals surface area (Å²) in [7, 11) is 0. The van der Waals surface area contributed by atoms with E-state index < -0.39 is 11.8 Å². The zero-order valence-corrected chi connectivity index (χ0v) is 10.3. The molecule has 19 heavy (non-hydrogen) atoms. The fourth-order valence-electron chi connectivity index (χ4n) is 1.56. The Balaban J connectivity index is 1.92. The predicted octanol–water partition coefficient (Wildman–Crippen LogP) is 3.85. The molecular weight excluding hydrogens is 243 g/mol. The number of carbonyl (C=O) groups excluding carboxylic acids is 1. The monoisotopic (exact) mass is 256 g/mol. The summed E-state index contributed by atoms with van der Waals surface area (Å²) in [6.07, 6.45) is 1.35. The van der Waals surface area contributed by atoms with E-state index in [0.29, 0.717) is 5.56 Å². The molecule has 0 amide bonds. The van der Waals surface area contributed by atoms with Crippen molar-refractivity contribution < 1.29 is 13.9 Å². The van der Waals surface area contributed by atoms with Crippen molar-refractivity contribution in [3.63, 3.8) is 0 Å². The van der Waals surface area contributed by atoms with Crippen LogP contribution in [0.25, 0.3) is 6.08 Å². The van der Waals surface area contributed by atoms with Crippen LogP contribution in [0.15, 0.2) is 66.5 Å². The lowest BCUT2D eigenvalue weighted by atomic mass is 10.2. The van der Waals surface area contributed by atoms with E-state index in [4.69, 9.17) is 4.74 Å². The van der Waals surface area contributed by atoms with Crippen molar-refractivity contribution in [3.8, 4) is 0 Å². The highest BCUT2D eigenvalue weighted by molar-refractivity contribution is 5.89. The summed E-state index contributed by atoms with van der Waals surface area (Å²) in [4.78, 5) is 11.6. The molecule has 0 heterocycles. The number of halogens is 1. The SMILES string of the molecule is O=C(OCC(F)=Cc1ccccc1)c1ccccc1. The van der Waals surface area contributed by atoms with Crippen molar-refractivity contribution >= 4 is 12.0 Å². The fourth-order valence-corrected chi connectivity index (χ4v) is 1.56. The molecule has 2 rings (SSSR count). The molecule has 0 aliphatic carbocycles. The second-order valence-corrected chi connectivity index (χ2v) is 3.94. The lowest BCUT2D eigenvalue weighted by Crippen LogP contribution is -2.06. The molecule has 0 N–H and O–H groups in total. The second kappa shape index (κ2) is 6.50. The first-order chi connectivity index (χ1) is 9.25. The van der Waals surface area contributed by atoms with Gasteiger partial charge in [-0.1, -0.05) is 48.5 Å². The molecule has 0 unspecified atom stereocenters. The maximum absolute atomic E-state index is 13.5. The summed E-state index contributed by atoms with van der Waals surface area (Å²) in [5.41, 5.74) is 1.14. The summed E-state index contributed by atoms with van der Waals surface area (Å²) in [5.74, 6) is -1.02. The first kappa shape index (κ1) is 13.0. The highest BCUT2D eigenvalue weighted by Crippen LogP contribution is 2.09. The van der Waals surface area contributed by atoms with Crippen LogP contribution in [0.4, 0.5) is 4.39 Å².